The summed E-state index contributed by atoms with van der Waals surface area (Å²) in [6.07, 6.45) is 1.78. The molecule has 1 amide bonds. The molecule has 2 aromatic heterocycles. The molecule has 0 bridgehead atoms. The summed E-state index contributed by atoms with van der Waals surface area (Å²) in [7, 11) is 0. The summed E-state index contributed by atoms with van der Waals surface area (Å²) in [6, 6.07) is 23.7. The number of nitrogens with zero attached hydrogens (tertiary/aromatic N) is 5. The summed E-state index contributed by atoms with van der Waals surface area (Å²) < 4.78 is 3.49. The maximum atomic E-state index is 13.7. The molecule has 0 aliphatic carbocycles. The van der Waals surface area contributed by atoms with Crippen LogP contribution in [0.5, 0.6) is 0 Å². The fourth-order valence-electron chi connectivity index (χ4n) is 4.85. The summed E-state index contributed by atoms with van der Waals surface area (Å²) in [6.45, 7) is 2.39. The molecule has 35 heavy (non-hydrogen) atoms. The number of carbonyl (C=O) groups is 1. The second-order valence-electron chi connectivity index (χ2n) is 8.46. The van der Waals surface area contributed by atoms with Gasteiger partial charge in [-0.3, -0.25) is 23.5 Å². The van der Waals surface area contributed by atoms with Crippen molar-refractivity contribution in [2.75, 3.05) is 10.7 Å². The van der Waals surface area contributed by atoms with Gasteiger partial charge in [0.1, 0.15) is 0 Å². The predicted molar refractivity (Wildman–Crippen MR) is 139 cm³/mol. The molecule has 0 saturated carbocycles. The zero-order valence-corrected chi connectivity index (χ0v) is 20.0. The van der Waals surface area contributed by atoms with Crippen molar-refractivity contribution in [1.82, 2.24) is 19.2 Å². The minimum Gasteiger partial charge on any atom is -0.280 e. The van der Waals surface area contributed by atoms with E-state index in [1.165, 1.54) is 11.8 Å². The van der Waals surface area contributed by atoms with E-state index < -0.39 is 0 Å². The number of fused-ring (bicyclic) bond motifs is 5. The summed E-state index contributed by atoms with van der Waals surface area (Å²) in [5.41, 5.74) is 4.83. The highest BCUT2D eigenvalue weighted by molar-refractivity contribution is 7.99. The van der Waals surface area contributed by atoms with Gasteiger partial charge in [0.2, 0.25) is 11.7 Å². The summed E-state index contributed by atoms with van der Waals surface area (Å²) in [4.78, 5) is 28.5. The number of rotatable bonds is 4. The number of carbonyl (C=O) groups excluding carboxylic acids is 1. The number of amides is 1. The first-order valence-corrected chi connectivity index (χ1v) is 12.6. The maximum absolute atomic E-state index is 13.7. The lowest BCUT2D eigenvalue weighted by atomic mass is 10.0. The van der Waals surface area contributed by atoms with Crippen LogP contribution in [-0.2, 0) is 24.2 Å². The zero-order valence-electron chi connectivity index (χ0n) is 19.2. The van der Waals surface area contributed by atoms with Crippen LogP contribution in [0.25, 0.3) is 16.7 Å². The van der Waals surface area contributed by atoms with Gasteiger partial charge in [-0.25, -0.2) is 0 Å². The number of hydrogen-bond acceptors (Lipinski definition) is 5. The smallest absolute Gasteiger partial charge is 0.262 e. The topological polar surface area (TPSA) is 72.5 Å². The van der Waals surface area contributed by atoms with E-state index in [4.69, 9.17) is 0 Å². The Bertz CT molecular complexity index is 1610. The number of anilines is 2. The normalized spacial score (nSPS) is 13.0. The molecule has 1 aliphatic rings. The minimum atomic E-state index is -0.0894. The van der Waals surface area contributed by atoms with E-state index in [0.29, 0.717) is 22.9 Å². The Morgan fingerprint density at radius 3 is 2.20 bits per heavy atom. The Morgan fingerprint density at radius 1 is 0.886 bits per heavy atom. The van der Waals surface area contributed by atoms with Gasteiger partial charge in [-0.05, 0) is 55.2 Å². The molecule has 3 aromatic carbocycles. The summed E-state index contributed by atoms with van der Waals surface area (Å²) in [5.74, 6) is 0.640. The molecule has 7 nitrogen and oxygen atoms in total. The molecule has 0 atom stereocenters. The molecule has 0 unspecified atom stereocenters. The number of benzene rings is 3. The highest BCUT2D eigenvalue weighted by atomic mass is 32.2. The van der Waals surface area contributed by atoms with Crippen molar-refractivity contribution in [1.29, 1.82) is 0 Å². The third kappa shape index (κ3) is 3.52. The largest absolute Gasteiger partial charge is 0.280 e. The van der Waals surface area contributed by atoms with E-state index in [2.05, 4.69) is 22.3 Å². The van der Waals surface area contributed by atoms with Crippen molar-refractivity contribution in [2.24, 2.45) is 0 Å². The zero-order chi connectivity index (χ0) is 23.9. The molecule has 174 valence electrons. The van der Waals surface area contributed by atoms with Crippen LogP contribution >= 0.6 is 11.8 Å². The molecule has 1 aliphatic heterocycles. The van der Waals surface area contributed by atoms with Gasteiger partial charge in [-0.2, -0.15) is 0 Å². The third-order valence-electron chi connectivity index (χ3n) is 6.50. The Morgan fingerprint density at radius 2 is 1.51 bits per heavy atom. The van der Waals surface area contributed by atoms with E-state index in [9.17, 15) is 9.59 Å². The number of thioether (sulfide) groups is 1. The molecule has 0 spiro atoms. The lowest BCUT2D eigenvalue weighted by molar-refractivity contribution is -0.115. The molecular weight excluding hydrogens is 458 g/mol. The van der Waals surface area contributed by atoms with E-state index in [0.717, 1.165) is 40.9 Å². The maximum Gasteiger partial charge on any atom is 0.262 e. The van der Waals surface area contributed by atoms with Crippen LogP contribution < -0.4 is 10.5 Å². The highest BCUT2D eigenvalue weighted by Gasteiger charge is 2.26. The monoisotopic (exact) mass is 481 g/mol. The van der Waals surface area contributed by atoms with Crippen LogP contribution in [0.4, 0.5) is 11.4 Å². The molecule has 5 aromatic rings. The number of aryl methyl sites for hydroxylation is 3. The van der Waals surface area contributed by atoms with Crippen LogP contribution in [-0.4, -0.2) is 30.8 Å². The Balaban J connectivity index is 1.40. The average Bonchev–Trinajstić information content (AvgIpc) is 3.24. The van der Waals surface area contributed by atoms with Gasteiger partial charge in [-0.1, -0.05) is 60.3 Å². The Labute approximate surface area is 206 Å². The van der Waals surface area contributed by atoms with E-state index >= 15 is 0 Å². The Kier molecular flexibility index (Phi) is 5.37. The van der Waals surface area contributed by atoms with Gasteiger partial charge in [-0.15, -0.1) is 10.2 Å². The van der Waals surface area contributed by atoms with E-state index in [-0.39, 0.29) is 17.2 Å². The fourth-order valence-corrected chi connectivity index (χ4v) is 5.64. The average molecular weight is 482 g/mol. The lowest BCUT2D eigenvalue weighted by Gasteiger charge is -2.24. The predicted octanol–water partition coefficient (Wildman–Crippen LogP) is 4.62. The molecule has 0 radical (unpaired) electrons. The van der Waals surface area contributed by atoms with Crippen molar-refractivity contribution in [3.8, 4) is 0 Å². The van der Waals surface area contributed by atoms with Crippen molar-refractivity contribution >= 4 is 45.7 Å². The lowest BCUT2D eigenvalue weighted by Crippen LogP contribution is -2.28. The number of para-hydroxylation sites is 3. The number of aromatic nitrogens is 4. The third-order valence-corrected chi connectivity index (χ3v) is 7.41. The van der Waals surface area contributed by atoms with Gasteiger partial charge in [0.05, 0.1) is 28.0 Å². The standard InChI is InChI=1S/C27H23N5O2S/c1-2-30-25(34)20-11-5-8-14-23(20)32-26(30)28-29-27(32)35-17-24(33)31-21-12-6-3-9-18(21)15-16-19-10-4-7-13-22(19)31/h3-14H,2,15-17H2,1H3. The van der Waals surface area contributed by atoms with Crippen molar-refractivity contribution in [2.45, 2.75) is 31.5 Å². The number of hydrogen-bond donors (Lipinski definition) is 0. The fraction of sp³-hybridized carbons (Fsp3) is 0.185. The van der Waals surface area contributed by atoms with Gasteiger partial charge < -0.3 is 0 Å². The van der Waals surface area contributed by atoms with Crippen LogP contribution in [0.15, 0.2) is 82.7 Å². The van der Waals surface area contributed by atoms with Crippen LogP contribution in [0.2, 0.25) is 0 Å². The van der Waals surface area contributed by atoms with Gasteiger partial charge in [0.15, 0.2) is 5.16 Å². The van der Waals surface area contributed by atoms with Gasteiger partial charge in [0, 0.05) is 6.54 Å². The molecule has 0 saturated heterocycles. The van der Waals surface area contributed by atoms with Crippen molar-refractivity contribution < 1.29 is 4.79 Å². The molecular formula is C27H23N5O2S. The molecule has 3 heterocycles. The molecule has 8 heteroatoms. The second-order valence-corrected chi connectivity index (χ2v) is 9.40. The van der Waals surface area contributed by atoms with Crippen LogP contribution in [0, 0.1) is 0 Å². The Hall–Kier alpha value is -3.91. The van der Waals surface area contributed by atoms with Gasteiger partial charge >= 0.3 is 0 Å². The van der Waals surface area contributed by atoms with Crippen LogP contribution in [0.1, 0.15) is 18.1 Å². The minimum absolute atomic E-state index is 0.0262. The van der Waals surface area contributed by atoms with Crippen molar-refractivity contribution in [3.63, 3.8) is 0 Å². The first-order chi connectivity index (χ1) is 17.2. The summed E-state index contributed by atoms with van der Waals surface area (Å²) >= 11 is 1.34. The quantitative estimate of drug-likeness (QED) is 0.350. The van der Waals surface area contributed by atoms with E-state index in [1.54, 1.807) is 4.57 Å². The first kappa shape index (κ1) is 21.6. The van der Waals surface area contributed by atoms with E-state index in [1.807, 2.05) is 76.9 Å². The SMILES string of the molecule is CCn1c(=O)c2ccccc2n2c(SCC(=O)N3c4ccccc4CCc4ccccc43)nnc12. The first-order valence-electron chi connectivity index (χ1n) is 11.7. The van der Waals surface area contributed by atoms with Crippen LogP contribution in [0.3, 0.4) is 0 Å². The summed E-state index contributed by atoms with van der Waals surface area (Å²) in [5, 5.41) is 9.86. The second kappa shape index (κ2) is 8.70. The highest BCUT2D eigenvalue weighted by Crippen LogP contribution is 2.36. The molecule has 0 N–H and O–H groups in total. The molecule has 6 rings (SSSR count). The van der Waals surface area contributed by atoms with Crippen molar-refractivity contribution in [3.05, 3.63) is 94.3 Å². The van der Waals surface area contributed by atoms with Gasteiger partial charge in [0.25, 0.3) is 5.56 Å². The molecule has 0 fully saturated rings.